The third-order valence-corrected chi connectivity index (χ3v) is 7.99. The molecular formula is C25H30N2O2. The smallest absolute Gasteiger partial charge is 0.165 e. The molecular weight excluding hydrogens is 360 g/mol. The van der Waals surface area contributed by atoms with Crippen LogP contribution in [-0.2, 0) is 17.8 Å². The van der Waals surface area contributed by atoms with Crippen molar-refractivity contribution in [2.24, 2.45) is 17.3 Å². The lowest BCUT2D eigenvalue weighted by Gasteiger charge is -2.48. The number of nitrogens with zero attached hydrogens (tertiary/aromatic N) is 2. The van der Waals surface area contributed by atoms with Crippen molar-refractivity contribution in [1.82, 2.24) is 9.78 Å². The van der Waals surface area contributed by atoms with Crippen molar-refractivity contribution in [2.75, 3.05) is 0 Å². The number of carbonyl (C=O) groups excluding carboxylic acids is 1. The van der Waals surface area contributed by atoms with Crippen LogP contribution in [0.3, 0.4) is 0 Å². The number of phenols is 1. The molecule has 0 saturated heterocycles. The summed E-state index contributed by atoms with van der Waals surface area (Å²) in [6.45, 7) is 7.17. The highest BCUT2D eigenvalue weighted by molar-refractivity contribution is 6.06. The molecule has 2 aromatic rings. The second-order valence-corrected chi connectivity index (χ2v) is 9.48. The predicted octanol–water partition coefficient (Wildman–Crippen LogP) is 5.04. The van der Waals surface area contributed by atoms with E-state index in [0.717, 1.165) is 55.5 Å². The van der Waals surface area contributed by atoms with Gasteiger partial charge in [-0.2, -0.15) is 5.10 Å². The van der Waals surface area contributed by atoms with Crippen molar-refractivity contribution in [3.05, 3.63) is 52.4 Å². The van der Waals surface area contributed by atoms with Gasteiger partial charge in [0.2, 0.25) is 0 Å². The van der Waals surface area contributed by atoms with E-state index in [-0.39, 0.29) is 5.41 Å². The van der Waals surface area contributed by atoms with E-state index in [2.05, 4.69) is 37.3 Å². The minimum absolute atomic E-state index is 0.226. The molecule has 0 amide bonds. The molecule has 4 nitrogen and oxygen atoms in total. The van der Waals surface area contributed by atoms with Crippen molar-refractivity contribution in [2.45, 2.75) is 65.3 Å². The third-order valence-electron chi connectivity index (χ3n) is 7.99. The number of phenolic OH excluding ortho intramolecular Hbond substituents is 1. The van der Waals surface area contributed by atoms with Gasteiger partial charge in [0.15, 0.2) is 5.78 Å². The minimum Gasteiger partial charge on any atom is -0.508 e. The number of fused-ring (bicyclic) bond motifs is 5. The van der Waals surface area contributed by atoms with Gasteiger partial charge >= 0.3 is 0 Å². The van der Waals surface area contributed by atoms with Gasteiger partial charge in [0.25, 0.3) is 0 Å². The first-order valence-electron chi connectivity index (χ1n) is 11.0. The average Bonchev–Trinajstić information content (AvgIpc) is 3.19. The lowest BCUT2D eigenvalue weighted by atomic mass is 9.55. The fraction of sp³-hybridized carbons (Fsp3) is 0.520. The molecule has 1 aromatic carbocycles. The van der Waals surface area contributed by atoms with E-state index in [9.17, 15) is 9.90 Å². The standard InChI is InChI=1S/C25H30N2O2/c1-4-27-14-18(15(2)26-27)11-17-13-23-22-7-5-16-12-19(28)6-8-20(16)21(22)9-10-25(23,3)24(17)29/h6,8,11-12,14,21-23,28H,4-5,7,9-10,13H2,1-3H3/b17-11-/t21-,22+,23+,25+/m0/s1. The topological polar surface area (TPSA) is 55.1 Å². The Hall–Kier alpha value is -2.36. The van der Waals surface area contributed by atoms with Gasteiger partial charge in [-0.25, -0.2) is 0 Å². The molecule has 2 fully saturated rings. The molecule has 2 saturated carbocycles. The summed E-state index contributed by atoms with van der Waals surface area (Å²) in [6.07, 6.45) is 9.22. The zero-order valence-electron chi connectivity index (χ0n) is 17.6. The molecule has 0 aliphatic heterocycles. The van der Waals surface area contributed by atoms with E-state index in [1.807, 2.05) is 23.7 Å². The Bertz CT molecular complexity index is 1020. The van der Waals surface area contributed by atoms with Crippen LogP contribution in [0.4, 0.5) is 0 Å². The Morgan fingerprint density at radius 3 is 2.93 bits per heavy atom. The monoisotopic (exact) mass is 390 g/mol. The van der Waals surface area contributed by atoms with Gasteiger partial charge in [-0.1, -0.05) is 13.0 Å². The molecule has 1 N–H and O–H groups in total. The summed E-state index contributed by atoms with van der Waals surface area (Å²) >= 11 is 0. The molecule has 1 heterocycles. The van der Waals surface area contributed by atoms with E-state index in [4.69, 9.17) is 0 Å². The molecule has 0 unspecified atom stereocenters. The Kier molecular flexibility index (Phi) is 4.23. The van der Waals surface area contributed by atoms with E-state index in [0.29, 0.717) is 29.3 Å². The number of hydrogen-bond donors (Lipinski definition) is 1. The molecule has 4 atom stereocenters. The number of aromatic hydroxyl groups is 1. The number of aryl methyl sites for hydroxylation is 3. The second kappa shape index (κ2) is 6.58. The number of allylic oxidation sites excluding steroid dienone is 1. The third kappa shape index (κ3) is 2.79. The van der Waals surface area contributed by atoms with Crippen LogP contribution in [0.1, 0.15) is 67.8 Å². The maximum absolute atomic E-state index is 13.5. The number of benzene rings is 1. The van der Waals surface area contributed by atoms with Crippen molar-refractivity contribution >= 4 is 11.9 Å². The Morgan fingerprint density at radius 1 is 1.34 bits per heavy atom. The highest BCUT2D eigenvalue weighted by Crippen LogP contribution is 2.60. The van der Waals surface area contributed by atoms with Crippen molar-refractivity contribution in [3.63, 3.8) is 0 Å². The van der Waals surface area contributed by atoms with Crippen LogP contribution < -0.4 is 0 Å². The van der Waals surface area contributed by atoms with Crippen LogP contribution in [0, 0.1) is 24.2 Å². The highest BCUT2D eigenvalue weighted by atomic mass is 16.3. The summed E-state index contributed by atoms with van der Waals surface area (Å²) in [5, 5.41) is 14.4. The largest absolute Gasteiger partial charge is 0.508 e. The Labute approximate surface area is 172 Å². The summed E-state index contributed by atoms with van der Waals surface area (Å²) in [6, 6.07) is 5.90. The van der Waals surface area contributed by atoms with Crippen LogP contribution >= 0.6 is 0 Å². The lowest BCUT2D eigenvalue weighted by molar-refractivity contribution is -0.127. The minimum atomic E-state index is -0.226. The molecule has 0 radical (unpaired) electrons. The predicted molar refractivity (Wildman–Crippen MR) is 114 cm³/mol. The van der Waals surface area contributed by atoms with E-state index in [1.165, 1.54) is 11.1 Å². The second-order valence-electron chi connectivity index (χ2n) is 9.48. The Morgan fingerprint density at radius 2 is 2.17 bits per heavy atom. The molecule has 5 rings (SSSR count). The zero-order valence-corrected chi connectivity index (χ0v) is 17.6. The van der Waals surface area contributed by atoms with Crippen molar-refractivity contribution in [3.8, 4) is 5.75 Å². The molecule has 29 heavy (non-hydrogen) atoms. The zero-order chi connectivity index (χ0) is 20.3. The summed E-state index contributed by atoms with van der Waals surface area (Å²) in [7, 11) is 0. The normalized spacial score (nSPS) is 32.2. The van der Waals surface area contributed by atoms with Gasteiger partial charge in [0.1, 0.15) is 5.75 Å². The first kappa shape index (κ1) is 18.7. The van der Waals surface area contributed by atoms with Crippen LogP contribution in [0.2, 0.25) is 0 Å². The van der Waals surface area contributed by atoms with Gasteiger partial charge in [0.05, 0.1) is 5.69 Å². The van der Waals surface area contributed by atoms with Gasteiger partial charge in [0, 0.05) is 23.7 Å². The van der Waals surface area contributed by atoms with Gasteiger partial charge in [-0.3, -0.25) is 9.48 Å². The summed E-state index contributed by atoms with van der Waals surface area (Å²) in [5.74, 6) is 2.23. The van der Waals surface area contributed by atoms with E-state index < -0.39 is 0 Å². The van der Waals surface area contributed by atoms with Crippen LogP contribution in [0.15, 0.2) is 30.0 Å². The molecule has 3 aliphatic rings. The summed E-state index contributed by atoms with van der Waals surface area (Å²) < 4.78 is 1.94. The first-order chi connectivity index (χ1) is 13.9. The average molecular weight is 391 g/mol. The maximum Gasteiger partial charge on any atom is 0.165 e. The number of carbonyl (C=O) groups is 1. The van der Waals surface area contributed by atoms with Gasteiger partial charge < -0.3 is 5.11 Å². The SMILES string of the molecule is CCn1cc(/C=C2/C[C@@H]3[C@@H]4CCc5cc(O)ccc5[C@@H]4CC[C@@]3(C)C2=O)c(C)n1. The van der Waals surface area contributed by atoms with Crippen molar-refractivity contribution in [1.29, 1.82) is 0 Å². The highest BCUT2D eigenvalue weighted by Gasteiger charge is 2.56. The van der Waals surface area contributed by atoms with Crippen LogP contribution in [-0.4, -0.2) is 20.7 Å². The van der Waals surface area contributed by atoms with E-state index in [1.54, 1.807) is 0 Å². The van der Waals surface area contributed by atoms with Crippen LogP contribution in [0.25, 0.3) is 6.08 Å². The fourth-order valence-electron chi connectivity index (χ4n) is 6.39. The number of hydrogen-bond acceptors (Lipinski definition) is 3. The Balaban J connectivity index is 1.49. The fourth-order valence-corrected chi connectivity index (χ4v) is 6.39. The summed E-state index contributed by atoms with van der Waals surface area (Å²) in [4.78, 5) is 13.5. The molecule has 3 aliphatic carbocycles. The van der Waals surface area contributed by atoms with Crippen LogP contribution in [0.5, 0.6) is 5.75 Å². The first-order valence-corrected chi connectivity index (χ1v) is 11.0. The number of aromatic nitrogens is 2. The molecule has 1 aromatic heterocycles. The quantitative estimate of drug-likeness (QED) is 0.731. The molecule has 4 heteroatoms. The van der Waals surface area contributed by atoms with E-state index >= 15 is 0 Å². The number of Topliss-reactive ketones (excluding diaryl/α,β-unsaturated/α-hetero) is 1. The molecule has 152 valence electrons. The van der Waals surface area contributed by atoms with Gasteiger partial charge in [-0.05, 0) is 98.6 Å². The number of ketones is 1. The molecule has 0 bridgehead atoms. The number of rotatable bonds is 2. The summed E-state index contributed by atoms with van der Waals surface area (Å²) in [5.41, 5.74) is 5.56. The lowest BCUT2D eigenvalue weighted by Crippen LogP contribution is -2.42. The van der Waals surface area contributed by atoms with Crippen molar-refractivity contribution < 1.29 is 9.90 Å². The van der Waals surface area contributed by atoms with Gasteiger partial charge in [-0.15, -0.1) is 0 Å². The maximum atomic E-state index is 13.5. The molecule has 0 spiro atoms.